The fraction of sp³-hybridized carbons (Fsp3) is 0.867. The van der Waals surface area contributed by atoms with Crippen molar-refractivity contribution in [3.8, 4) is 0 Å². The largest absolute Gasteiger partial charge is 0.480 e. The quantitative estimate of drug-likeness (QED) is 0.857. The van der Waals surface area contributed by atoms with Crippen molar-refractivity contribution in [1.82, 2.24) is 4.90 Å². The second kappa shape index (κ2) is 5.93. The molecule has 4 nitrogen and oxygen atoms in total. The van der Waals surface area contributed by atoms with Gasteiger partial charge in [-0.1, -0.05) is 20.8 Å². The zero-order chi connectivity index (χ0) is 14.8. The Morgan fingerprint density at radius 1 is 1.16 bits per heavy atom. The molecule has 0 aromatic carbocycles. The lowest BCUT2D eigenvalue weighted by Crippen LogP contribution is -2.44. The molecule has 1 unspecified atom stereocenters. The van der Waals surface area contributed by atoms with Gasteiger partial charge in [0.1, 0.15) is 6.04 Å². The van der Waals surface area contributed by atoms with E-state index in [1.807, 2.05) is 0 Å². The molecule has 0 radical (unpaired) electrons. The first-order valence-corrected chi connectivity index (χ1v) is 7.14. The molecule has 1 saturated carbocycles. The van der Waals surface area contributed by atoms with Crippen LogP contribution in [0.15, 0.2) is 0 Å². The van der Waals surface area contributed by atoms with Gasteiger partial charge in [-0.2, -0.15) is 0 Å². The molecule has 1 fully saturated rings. The van der Waals surface area contributed by atoms with E-state index >= 15 is 0 Å². The third-order valence-corrected chi connectivity index (χ3v) is 4.59. The van der Waals surface area contributed by atoms with Crippen LogP contribution in [0, 0.1) is 17.3 Å². The van der Waals surface area contributed by atoms with Gasteiger partial charge in [-0.25, -0.2) is 4.79 Å². The molecule has 1 rings (SSSR count). The highest BCUT2D eigenvalue weighted by molar-refractivity contribution is 5.84. The van der Waals surface area contributed by atoms with Crippen molar-refractivity contribution in [2.75, 3.05) is 7.05 Å². The number of aliphatic carboxylic acids is 1. The molecular weight excluding hydrogens is 242 g/mol. The molecule has 19 heavy (non-hydrogen) atoms. The molecule has 1 atom stereocenters. The average Bonchev–Trinajstić information content (AvgIpc) is 2.35. The van der Waals surface area contributed by atoms with E-state index in [0.717, 1.165) is 25.7 Å². The zero-order valence-electron chi connectivity index (χ0n) is 12.8. The van der Waals surface area contributed by atoms with Gasteiger partial charge in [-0.3, -0.25) is 4.79 Å². The maximum atomic E-state index is 12.3. The molecule has 0 bridgehead atoms. The highest BCUT2D eigenvalue weighted by Gasteiger charge is 2.34. The van der Waals surface area contributed by atoms with Crippen LogP contribution in [0.3, 0.4) is 0 Å². The number of hydrogen-bond acceptors (Lipinski definition) is 2. The summed E-state index contributed by atoms with van der Waals surface area (Å²) in [6.45, 7) is 8.30. The second-order valence-corrected chi connectivity index (χ2v) is 6.88. The third-order valence-electron chi connectivity index (χ3n) is 4.59. The molecule has 0 spiro atoms. The number of carbonyl (C=O) groups excluding carboxylic acids is 1. The van der Waals surface area contributed by atoms with Gasteiger partial charge >= 0.3 is 5.97 Å². The Morgan fingerprint density at radius 3 is 2.00 bits per heavy atom. The van der Waals surface area contributed by atoms with Crippen molar-refractivity contribution in [2.24, 2.45) is 17.3 Å². The normalized spacial score (nSPS) is 25.7. The first-order valence-electron chi connectivity index (χ1n) is 7.14. The van der Waals surface area contributed by atoms with E-state index in [1.54, 1.807) is 14.0 Å². The topological polar surface area (TPSA) is 57.6 Å². The van der Waals surface area contributed by atoms with Gasteiger partial charge in [0, 0.05) is 13.0 Å². The SMILES string of the molecule is CC(C(=O)O)N(C)C(=O)C1CCC(C(C)(C)C)CC1. The number of carboxylic acids is 1. The van der Waals surface area contributed by atoms with Crippen molar-refractivity contribution in [2.45, 2.75) is 59.4 Å². The van der Waals surface area contributed by atoms with Gasteiger partial charge in [0.15, 0.2) is 0 Å². The van der Waals surface area contributed by atoms with E-state index in [0.29, 0.717) is 11.3 Å². The number of likely N-dealkylation sites (N-methyl/N-ethyl adjacent to an activating group) is 1. The number of carboxylic acid groups (broad SMARTS) is 1. The summed E-state index contributed by atoms with van der Waals surface area (Å²) in [5.74, 6) is -0.286. The summed E-state index contributed by atoms with van der Waals surface area (Å²) in [6.07, 6.45) is 3.90. The number of nitrogens with zero attached hydrogens (tertiary/aromatic N) is 1. The van der Waals surface area contributed by atoms with Gasteiger partial charge in [0.05, 0.1) is 0 Å². The number of amides is 1. The standard InChI is InChI=1S/C15H27NO3/c1-10(14(18)19)16(5)13(17)11-6-8-12(9-7-11)15(2,3)4/h10-12H,6-9H2,1-5H3,(H,18,19). The molecule has 1 N–H and O–H groups in total. The molecule has 110 valence electrons. The summed E-state index contributed by atoms with van der Waals surface area (Å²) in [5, 5.41) is 8.95. The van der Waals surface area contributed by atoms with Gasteiger partial charge < -0.3 is 10.0 Å². The Morgan fingerprint density at radius 2 is 1.63 bits per heavy atom. The number of rotatable bonds is 3. The Bertz CT molecular complexity index is 338. The highest BCUT2D eigenvalue weighted by Crippen LogP contribution is 2.40. The zero-order valence-corrected chi connectivity index (χ0v) is 12.8. The lowest BCUT2D eigenvalue weighted by Gasteiger charge is -2.37. The minimum absolute atomic E-state index is 0.00500. The van der Waals surface area contributed by atoms with E-state index in [1.165, 1.54) is 4.90 Å². The summed E-state index contributed by atoms with van der Waals surface area (Å²) >= 11 is 0. The second-order valence-electron chi connectivity index (χ2n) is 6.88. The number of carbonyl (C=O) groups is 2. The molecule has 1 aliphatic rings. The lowest BCUT2D eigenvalue weighted by molar-refractivity contribution is -0.150. The third kappa shape index (κ3) is 3.95. The predicted molar refractivity (Wildman–Crippen MR) is 74.8 cm³/mol. The summed E-state index contributed by atoms with van der Waals surface area (Å²) in [6, 6.07) is -0.743. The van der Waals surface area contributed by atoms with Crippen molar-refractivity contribution in [3.05, 3.63) is 0 Å². The minimum Gasteiger partial charge on any atom is -0.480 e. The number of hydrogen-bond donors (Lipinski definition) is 1. The van der Waals surface area contributed by atoms with Gasteiger partial charge in [0.25, 0.3) is 0 Å². The van der Waals surface area contributed by atoms with Crippen molar-refractivity contribution >= 4 is 11.9 Å². The van der Waals surface area contributed by atoms with Crippen LogP contribution >= 0.6 is 0 Å². The fourth-order valence-corrected chi connectivity index (χ4v) is 2.85. The fourth-order valence-electron chi connectivity index (χ4n) is 2.85. The van der Waals surface area contributed by atoms with E-state index in [2.05, 4.69) is 20.8 Å². The van der Waals surface area contributed by atoms with Crippen LogP contribution in [0.5, 0.6) is 0 Å². The van der Waals surface area contributed by atoms with Crippen LogP contribution in [0.2, 0.25) is 0 Å². The van der Waals surface area contributed by atoms with Crippen LogP contribution in [0.1, 0.15) is 53.4 Å². The minimum atomic E-state index is -0.945. The van der Waals surface area contributed by atoms with Gasteiger partial charge in [-0.05, 0) is 43.9 Å². The molecule has 4 heteroatoms. The molecule has 0 saturated heterocycles. The van der Waals surface area contributed by atoms with E-state index in [-0.39, 0.29) is 11.8 Å². The predicted octanol–water partition coefficient (Wildman–Crippen LogP) is 2.77. The maximum Gasteiger partial charge on any atom is 0.326 e. The lowest BCUT2D eigenvalue weighted by atomic mass is 9.69. The molecule has 0 heterocycles. The summed E-state index contributed by atoms with van der Waals surface area (Å²) in [7, 11) is 1.59. The molecule has 0 aliphatic heterocycles. The van der Waals surface area contributed by atoms with Crippen LogP contribution in [-0.4, -0.2) is 35.0 Å². The Kier molecular flexibility index (Phi) is 4.99. The van der Waals surface area contributed by atoms with Crippen molar-refractivity contribution in [3.63, 3.8) is 0 Å². The molecule has 0 aromatic heterocycles. The first-order chi connectivity index (χ1) is 8.64. The molecular formula is C15H27NO3. The Balaban J connectivity index is 2.56. The first kappa shape index (κ1) is 16.0. The van der Waals surface area contributed by atoms with Gasteiger partial charge in [0.2, 0.25) is 5.91 Å². The smallest absolute Gasteiger partial charge is 0.326 e. The van der Waals surface area contributed by atoms with E-state index < -0.39 is 12.0 Å². The summed E-state index contributed by atoms with van der Waals surface area (Å²) in [4.78, 5) is 24.6. The highest BCUT2D eigenvalue weighted by atomic mass is 16.4. The monoisotopic (exact) mass is 269 g/mol. The van der Waals surface area contributed by atoms with E-state index in [9.17, 15) is 9.59 Å². The van der Waals surface area contributed by atoms with Crippen LogP contribution in [0.25, 0.3) is 0 Å². The Labute approximate surface area is 116 Å². The Hall–Kier alpha value is -1.06. The van der Waals surface area contributed by atoms with Crippen molar-refractivity contribution < 1.29 is 14.7 Å². The van der Waals surface area contributed by atoms with Crippen LogP contribution < -0.4 is 0 Å². The van der Waals surface area contributed by atoms with E-state index in [4.69, 9.17) is 5.11 Å². The van der Waals surface area contributed by atoms with Crippen LogP contribution in [-0.2, 0) is 9.59 Å². The summed E-state index contributed by atoms with van der Waals surface area (Å²) < 4.78 is 0. The maximum absolute atomic E-state index is 12.3. The average molecular weight is 269 g/mol. The van der Waals surface area contributed by atoms with Crippen LogP contribution in [0.4, 0.5) is 0 Å². The van der Waals surface area contributed by atoms with Gasteiger partial charge in [-0.15, -0.1) is 0 Å². The molecule has 0 aromatic rings. The molecule has 1 aliphatic carbocycles. The van der Waals surface area contributed by atoms with Crippen molar-refractivity contribution in [1.29, 1.82) is 0 Å². The molecule has 1 amide bonds. The summed E-state index contributed by atoms with van der Waals surface area (Å²) in [5.41, 5.74) is 0.300.